The maximum Gasteiger partial charge on any atom is 0.335 e. The molecule has 1 amide bonds. The van der Waals surface area contributed by atoms with E-state index in [0.717, 1.165) is 0 Å². The fourth-order valence-corrected chi connectivity index (χ4v) is 3.28. The summed E-state index contributed by atoms with van der Waals surface area (Å²) in [6, 6.07) is 9.13. The lowest BCUT2D eigenvalue weighted by Crippen LogP contribution is -2.46. The first kappa shape index (κ1) is 19.9. The van der Waals surface area contributed by atoms with Crippen LogP contribution in [0.3, 0.4) is 0 Å². The summed E-state index contributed by atoms with van der Waals surface area (Å²) in [7, 11) is -4.05. The van der Waals surface area contributed by atoms with Crippen molar-refractivity contribution in [3.8, 4) is 0 Å². The van der Waals surface area contributed by atoms with E-state index in [9.17, 15) is 23.1 Å². The number of aromatic carboxylic acids is 1. The van der Waals surface area contributed by atoms with Crippen molar-refractivity contribution in [3.05, 3.63) is 59.1 Å². The molecule has 2 aromatic rings. The Hall–Kier alpha value is -2.46. The summed E-state index contributed by atoms with van der Waals surface area (Å²) in [5.41, 5.74) is 0.286. The topological polar surface area (TPSA) is 133 Å². The number of carbonyl (C=O) groups excluding carboxylic acids is 1. The maximum atomic E-state index is 12.3. The molecule has 0 spiro atoms. The van der Waals surface area contributed by atoms with Gasteiger partial charge in [0.05, 0.1) is 17.1 Å². The number of anilines is 1. The Morgan fingerprint density at radius 2 is 1.62 bits per heavy atom. The monoisotopic (exact) mass is 398 g/mol. The molecule has 26 heavy (non-hydrogen) atoms. The van der Waals surface area contributed by atoms with E-state index in [1.165, 1.54) is 48.5 Å². The number of aliphatic hydroxyl groups is 1. The van der Waals surface area contributed by atoms with Crippen LogP contribution in [0.5, 0.6) is 0 Å². The van der Waals surface area contributed by atoms with Crippen LogP contribution >= 0.6 is 11.6 Å². The highest BCUT2D eigenvalue weighted by atomic mass is 35.5. The summed E-state index contributed by atoms with van der Waals surface area (Å²) in [5.74, 6) is -1.92. The molecular weight excluding hydrogens is 384 g/mol. The average Bonchev–Trinajstić information content (AvgIpc) is 2.60. The van der Waals surface area contributed by atoms with Crippen LogP contribution in [0.2, 0.25) is 5.02 Å². The molecule has 1 atom stereocenters. The summed E-state index contributed by atoms with van der Waals surface area (Å²) in [6.45, 7) is -0.772. The van der Waals surface area contributed by atoms with Crippen LogP contribution in [0, 0.1) is 0 Å². The number of benzene rings is 2. The zero-order valence-corrected chi connectivity index (χ0v) is 14.8. The molecule has 0 aliphatic carbocycles. The first-order chi connectivity index (χ1) is 12.2. The molecule has 0 bridgehead atoms. The van der Waals surface area contributed by atoms with Crippen LogP contribution in [0.1, 0.15) is 10.4 Å². The van der Waals surface area contributed by atoms with Gasteiger partial charge in [-0.3, -0.25) is 4.79 Å². The number of nitrogens with one attached hydrogen (secondary N) is 2. The molecule has 0 aromatic heterocycles. The van der Waals surface area contributed by atoms with Gasteiger partial charge in [-0.25, -0.2) is 13.2 Å². The first-order valence-corrected chi connectivity index (χ1v) is 9.12. The van der Waals surface area contributed by atoms with Crippen LogP contribution in [0.25, 0.3) is 0 Å². The van der Waals surface area contributed by atoms with Crippen molar-refractivity contribution in [2.24, 2.45) is 0 Å². The molecule has 0 saturated carbocycles. The molecule has 2 aromatic carbocycles. The number of carbonyl (C=O) groups is 2. The third-order valence-electron chi connectivity index (χ3n) is 3.32. The second kappa shape index (κ2) is 8.28. The molecule has 0 radical (unpaired) electrons. The van der Waals surface area contributed by atoms with Crippen molar-refractivity contribution in [3.63, 3.8) is 0 Å². The molecule has 0 saturated heterocycles. The minimum atomic E-state index is -4.05. The molecular formula is C16H15ClN2O6S. The number of halogens is 1. The number of amides is 1. The predicted molar refractivity (Wildman–Crippen MR) is 94.7 cm³/mol. The second-order valence-electron chi connectivity index (χ2n) is 5.18. The molecule has 10 heteroatoms. The summed E-state index contributed by atoms with van der Waals surface area (Å²) >= 11 is 5.71. The Kier molecular flexibility index (Phi) is 6.32. The number of sulfonamides is 1. The first-order valence-electron chi connectivity index (χ1n) is 7.26. The highest BCUT2D eigenvalue weighted by Gasteiger charge is 2.25. The van der Waals surface area contributed by atoms with E-state index in [2.05, 4.69) is 10.0 Å². The molecule has 1 unspecified atom stereocenters. The Labute approximate surface area is 154 Å². The van der Waals surface area contributed by atoms with Crippen LogP contribution in [-0.4, -0.2) is 43.2 Å². The van der Waals surface area contributed by atoms with Gasteiger partial charge in [0.15, 0.2) is 0 Å². The van der Waals surface area contributed by atoms with Crippen molar-refractivity contribution < 1.29 is 28.2 Å². The van der Waals surface area contributed by atoms with E-state index < -0.39 is 34.5 Å². The van der Waals surface area contributed by atoms with Crippen LogP contribution in [0.4, 0.5) is 5.69 Å². The van der Waals surface area contributed by atoms with E-state index in [1.807, 2.05) is 0 Å². The zero-order valence-electron chi connectivity index (χ0n) is 13.2. The fourth-order valence-electron chi connectivity index (χ4n) is 1.97. The summed E-state index contributed by atoms with van der Waals surface area (Å²) in [6.07, 6.45) is 0. The molecule has 0 aliphatic rings. The van der Waals surface area contributed by atoms with Gasteiger partial charge in [0.1, 0.15) is 6.04 Å². The highest BCUT2D eigenvalue weighted by molar-refractivity contribution is 7.89. The standard InChI is InChI=1S/C16H15ClN2O6S/c17-11-3-7-13(8-4-11)26(24,25)19-14(9-20)15(21)18-12-5-1-10(2-6-12)16(22)23/h1-8,14,19-20H,9H2,(H,18,21)(H,22,23). The van der Waals surface area contributed by atoms with Gasteiger partial charge in [-0.2, -0.15) is 4.72 Å². The van der Waals surface area contributed by atoms with Gasteiger partial charge < -0.3 is 15.5 Å². The number of carboxylic acids is 1. The third-order valence-corrected chi connectivity index (χ3v) is 5.06. The molecule has 8 nitrogen and oxygen atoms in total. The van der Waals surface area contributed by atoms with Gasteiger partial charge in [-0.15, -0.1) is 0 Å². The lowest BCUT2D eigenvalue weighted by atomic mass is 10.2. The molecule has 4 N–H and O–H groups in total. The van der Waals surface area contributed by atoms with Gasteiger partial charge in [0.25, 0.3) is 0 Å². The van der Waals surface area contributed by atoms with E-state index >= 15 is 0 Å². The molecule has 0 heterocycles. The van der Waals surface area contributed by atoms with Crippen molar-refractivity contribution >= 4 is 39.2 Å². The van der Waals surface area contributed by atoms with Crippen LogP contribution in [-0.2, 0) is 14.8 Å². The Balaban J connectivity index is 2.10. The number of rotatable bonds is 7. The maximum absolute atomic E-state index is 12.3. The van der Waals surface area contributed by atoms with E-state index in [4.69, 9.17) is 16.7 Å². The zero-order chi connectivity index (χ0) is 19.3. The second-order valence-corrected chi connectivity index (χ2v) is 7.33. The third kappa shape index (κ3) is 5.02. The normalized spacial score (nSPS) is 12.4. The average molecular weight is 399 g/mol. The van der Waals surface area contributed by atoms with Gasteiger partial charge in [-0.05, 0) is 48.5 Å². The largest absolute Gasteiger partial charge is 0.478 e. The van der Waals surface area contributed by atoms with Gasteiger partial charge in [0.2, 0.25) is 15.9 Å². The lowest BCUT2D eigenvalue weighted by Gasteiger charge is -2.16. The van der Waals surface area contributed by atoms with Gasteiger partial charge in [0, 0.05) is 10.7 Å². The van der Waals surface area contributed by atoms with Crippen molar-refractivity contribution in [1.82, 2.24) is 4.72 Å². The SMILES string of the molecule is O=C(O)c1ccc(NC(=O)C(CO)NS(=O)(=O)c2ccc(Cl)cc2)cc1. The minimum absolute atomic E-state index is 0.0325. The molecule has 0 fully saturated rings. The lowest BCUT2D eigenvalue weighted by molar-refractivity contribution is -0.118. The smallest absolute Gasteiger partial charge is 0.335 e. The Bertz CT molecular complexity index is 897. The number of hydrogen-bond acceptors (Lipinski definition) is 5. The molecule has 138 valence electrons. The molecule has 0 aliphatic heterocycles. The van der Waals surface area contributed by atoms with E-state index in [-0.39, 0.29) is 16.1 Å². The van der Waals surface area contributed by atoms with Gasteiger partial charge in [-0.1, -0.05) is 11.6 Å². The Morgan fingerprint density at radius 3 is 2.12 bits per heavy atom. The van der Waals surface area contributed by atoms with Crippen LogP contribution < -0.4 is 10.0 Å². The number of carboxylic acid groups (broad SMARTS) is 1. The predicted octanol–water partition coefficient (Wildman–Crippen LogP) is 1.32. The summed E-state index contributed by atoms with van der Waals surface area (Å²) in [4.78, 5) is 22.9. The van der Waals surface area contributed by atoms with Crippen molar-refractivity contribution in [2.75, 3.05) is 11.9 Å². The van der Waals surface area contributed by atoms with E-state index in [1.54, 1.807) is 0 Å². The number of aliphatic hydroxyl groups excluding tert-OH is 1. The summed E-state index contributed by atoms with van der Waals surface area (Å²) < 4.78 is 26.7. The molecule has 2 rings (SSSR count). The van der Waals surface area contributed by atoms with Gasteiger partial charge >= 0.3 is 5.97 Å². The fraction of sp³-hybridized carbons (Fsp3) is 0.125. The Morgan fingerprint density at radius 1 is 1.04 bits per heavy atom. The van der Waals surface area contributed by atoms with Crippen molar-refractivity contribution in [1.29, 1.82) is 0 Å². The van der Waals surface area contributed by atoms with Crippen LogP contribution in [0.15, 0.2) is 53.4 Å². The number of hydrogen-bond donors (Lipinski definition) is 4. The minimum Gasteiger partial charge on any atom is -0.478 e. The summed E-state index contributed by atoms with van der Waals surface area (Å²) in [5, 5.41) is 20.9. The highest BCUT2D eigenvalue weighted by Crippen LogP contribution is 2.15. The van der Waals surface area contributed by atoms with Crippen molar-refractivity contribution in [2.45, 2.75) is 10.9 Å². The quantitative estimate of drug-likeness (QED) is 0.556. The van der Waals surface area contributed by atoms with E-state index in [0.29, 0.717) is 5.02 Å².